The zero-order valence-electron chi connectivity index (χ0n) is 27.2. The van der Waals surface area contributed by atoms with Crippen LogP contribution in [-0.2, 0) is 4.74 Å². The summed E-state index contributed by atoms with van der Waals surface area (Å²) in [6, 6.07) is 8.78. The highest BCUT2D eigenvalue weighted by Gasteiger charge is 2.52. The molecule has 10 heteroatoms. The van der Waals surface area contributed by atoms with Gasteiger partial charge in [0.05, 0.1) is 11.9 Å². The van der Waals surface area contributed by atoms with E-state index in [0.717, 1.165) is 94.2 Å². The van der Waals surface area contributed by atoms with E-state index in [9.17, 15) is 9.18 Å². The second-order valence-electron chi connectivity index (χ2n) is 14.9. The number of anilines is 1. The van der Waals surface area contributed by atoms with E-state index < -0.39 is 5.60 Å². The summed E-state index contributed by atoms with van der Waals surface area (Å²) in [6.07, 6.45) is 12.6. The average molecular weight is 629 g/mol. The predicted molar refractivity (Wildman–Crippen MR) is 175 cm³/mol. The van der Waals surface area contributed by atoms with Crippen LogP contribution in [0.25, 0.3) is 11.1 Å². The van der Waals surface area contributed by atoms with Gasteiger partial charge in [0.2, 0.25) is 0 Å². The van der Waals surface area contributed by atoms with Gasteiger partial charge in [0.15, 0.2) is 11.6 Å². The maximum atomic E-state index is 14.5. The van der Waals surface area contributed by atoms with Gasteiger partial charge in [0.25, 0.3) is 0 Å². The summed E-state index contributed by atoms with van der Waals surface area (Å²) in [7, 11) is 0. The first kappa shape index (κ1) is 30.8. The Balaban J connectivity index is 0.906. The highest BCUT2D eigenvalue weighted by Crippen LogP contribution is 2.47. The topological polar surface area (TPSA) is 92.7 Å². The normalized spacial score (nSPS) is 22.6. The van der Waals surface area contributed by atoms with E-state index in [1.165, 1.54) is 18.6 Å². The third kappa shape index (κ3) is 6.97. The molecule has 3 aromatic rings. The number of likely N-dealkylation sites (tertiary alicyclic amines) is 1. The number of hydrogen-bond donors (Lipinski definition) is 1. The van der Waals surface area contributed by atoms with Crippen molar-refractivity contribution in [1.82, 2.24) is 25.2 Å². The van der Waals surface area contributed by atoms with Gasteiger partial charge in [-0.2, -0.15) is 0 Å². The van der Waals surface area contributed by atoms with Gasteiger partial charge in [0, 0.05) is 60.9 Å². The van der Waals surface area contributed by atoms with E-state index in [-0.39, 0.29) is 18.0 Å². The van der Waals surface area contributed by atoms with E-state index in [0.29, 0.717) is 28.4 Å². The second-order valence-corrected chi connectivity index (χ2v) is 14.9. The summed E-state index contributed by atoms with van der Waals surface area (Å²) in [5.41, 5.74) is 2.46. The van der Waals surface area contributed by atoms with Crippen LogP contribution in [0.2, 0.25) is 0 Å². The molecule has 46 heavy (non-hydrogen) atoms. The second kappa shape index (κ2) is 12.4. The quantitative estimate of drug-likeness (QED) is 0.272. The minimum atomic E-state index is -0.466. The number of halogens is 1. The number of hydrogen-bond acceptors (Lipinski definition) is 8. The first-order valence-corrected chi connectivity index (χ1v) is 16.8. The summed E-state index contributed by atoms with van der Waals surface area (Å²) in [4.78, 5) is 30.5. The summed E-state index contributed by atoms with van der Waals surface area (Å²) in [5.74, 6) is 2.77. The van der Waals surface area contributed by atoms with E-state index in [1.807, 2.05) is 32.9 Å². The summed E-state index contributed by atoms with van der Waals surface area (Å²) >= 11 is 0. The van der Waals surface area contributed by atoms with Crippen LogP contribution < -0.4 is 15.0 Å². The van der Waals surface area contributed by atoms with Gasteiger partial charge >= 0.3 is 6.09 Å². The number of benzene rings is 1. The molecule has 4 fully saturated rings. The molecule has 1 aromatic carbocycles. The third-order valence-electron chi connectivity index (χ3n) is 9.80. The zero-order chi connectivity index (χ0) is 31.9. The molecule has 4 heterocycles. The molecule has 9 nitrogen and oxygen atoms in total. The van der Waals surface area contributed by atoms with Crippen molar-refractivity contribution < 1.29 is 18.7 Å². The van der Waals surface area contributed by atoms with Crippen molar-refractivity contribution in [1.29, 1.82) is 0 Å². The van der Waals surface area contributed by atoms with E-state index >= 15 is 0 Å². The molecule has 2 aliphatic heterocycles. The minimum absolute atomic E-state index is 0.222. The molecule has 244 valence electrons. The lowest BCUT2D eigenvalue weighted by Crippen LogP contribution is -2.72. The van der Waals surface area contributed by atoms with Crippen LogP contribution >= 0.6 is 0 Å². The molecule has 0 atom stereocenters. The van der Waals surface area contributed by atoms with Crippen LogP contribution in [0.3, 0.4) is 0 Å². The first-order valence-electron chi connectivity index (χ1n) is 16.8. The molecule has 2 saturated heterocycles. The lowest BCUT2D eigenvalue weighted by atomic mass is 9.72. The van der Waals surface area contributed by atoms with Gasteiger partial charge in [-0.1, -0.05) is 6.07 Å². The smallest absolute Gasteiger partial charge is 0.407 e. The zero-order valence-corrected chi connectivity index (χ0v) is 27.2. The van der Waals surface area contributed by atoms with Crippen LogP contribution in [-0.4, -0.2) is 70.3 Å². The number of ether oxygens (including phenoxy) is 2. The molecule has 2 aliphatic carbocycles. The molecule has 4 aliphatic rings. The Bertz CT molecular complexity index is 1550. The molecule has 1 spiro atoms. The van der Waals surface area contributed by atoms with Crippen molar-refractivity contribution >= 4 is 11.9 Å². The molecular formula is C36H45FN6O3. The summed E-state index contributed by atoms with van der Waals surface area (Å²) in [5, 5.41) is 3.05. The van der Waals surface area contributed by atoms with Crippen molar-refractivity contribution in [3.8, 4) is 22.6 Å². The number of carbonyl (C=O) groups excluding carboxylic acids is 1. The molecule has 0 unspecified atom stereocenters. The lowest BCUT2D eigenvalue weighted by Gasteiger charge is -2.61. The number of nitrogens with one attached hydrogen (secondary N) is 1. The molecular weight excluding hydrogens is 583 g/mol. The standard InChI is InChI=1S/C36H45FN6O3/c1-35(2,3)46-34(44)41-27-11-6-24(7-12-27)14-16-42-19-36(20-42)21-43(22-36)33-31(18-38-23-40-33)45-30-13-10-26(37)17-29(30)28-5-4-15-39-32(28)25-8-9-25/h4-5,10,13,15,17-18,23-25,27H,6-9,11-12,14,16,19-22H2,1-3H3,(H,41,44). The third-order valence-corrected chi connectivity index (χ3v) is 9.80. The van der Waals surface area contributed by atoms with E-state index in [2.05, 4.69) is 30.1 Å². The van der Waals surface area contributed by atoms with Crippen molar-refractivity contribution in [3.05, 3.63) is 60.6 Å². The maximum absolute atomic E-state index is 14.5. The molecule has 2 saturated carbocycles. The highest BCUT2D eigenvalue weighted by atomic mass is 19.1. The van der Waals surface area contributed by atoms with Crippen LogP contribution in [0.15, 0.2) is 49.1 Å². The van der Waals surface area contributed by atoms with Crippen molar-refractivity contribution in [3.63, 3.8) is 0 Å². The SMILES string of the molecule is CC(C)(C)OC(=O)NC1CCC(CCN2CC3(C2)CN(c2ncncc2Oc2ccc(F)cc2-c2cccnc2C2CC2)C3)CC1. The maximum Gasteiger partial charge on any atom is 0.407 e. The van der Waals surface area contributed by atoms with Crippen molar-refractivity contribution in [2.24, 2.45) is 11.3 Å². The molecule has 0 bridgehead atoms. The van der Waals surface area contributed by atoms with Gasteiger partial charge in [-0.15, -0.1) is 0 Å². The lowest BCUT2D eigenvalue weighted by molar-refractivity contribution is -0.0258. The average Bonchev–Trinajstić information content (AvgIpc) is 3.83. The fourth-order valence-electron chi connectivity index (χ4n) is 7.48. The Morgan fingerprint density at radius 1 is 1.00 bits per heavy atom. The van der Waals surface area contributed by atoms with Crippen LogP contribution in [0.4, 0.5) is 15.0 Å². The number of amides is 1. The Kier molecular flexibility index (Phi) is 8.34. The molecule has 0 radical (unpaired) electrons. The van der Waals surface area contributed by atoms with Gasteiger partial charge < -0.3 is 24.6 Å². The van der Waals surface area contributed by atoms with Gasteiger partial charge in [0.1, 0.15) is 23.5 Å². The first-order chi connectivity index (χ1) is 22.1. The Hall–Kier alpha value is -3.79. The summed E-state index contributed by atoms with van der Waals surface area (Å²) < 4.78 is 26.4. The number of carbonyl (C=O) groups is 1. The molecule has 7 rings (SSSR count). The molecule has 1 N–H and O–H groups in total. The van der Waals surface area contributed by atoms with Crippen molar-refractivity contribution in [2.45, 2.75) is 83.3 Å². The highest BCUT2D eigenvalue weighted by molar-refractivity contribution is 5.74. The van der Waals surface area contributed by atoms with Gasteiger partial charge in [-0.05, 0) is 102 Å². The Morgan fingerprint density at radius 3 is 2.52 bits per heavy atom. The monoisotopic (exact) mass is 628 g/mol. The molecule has 1 amide bonds. The van der Waals surface area contributed by atoms with Gasteiger partial charge in [-0.3, -0.25) is 4.98 Å². The number of pyridine rings is 1. The number of alkyl carbamates (subject to hydrolysis) is 1. The van der Waals surface area contributed by atoms with Gasteiger partial charge in [-0.25, -0.2) is 19.2 Å². The predicted octanol–water partition coefficient (Wildman–Crippen LogP) is 6.94. The Morgan fingerprint density at radius 2 is 1.78 bits per heavy atom. The van der Waals surface area contributed by atoms with E-state index in [1.54, 1.807) is 24.8 Å². The fraction of sp³-hybridized carbons (Fsp3) is 0.556. The van der Waals surface area contributed by atoms with Crippen molar-refractivity contribution in [2.75, 3.05) is 37.6 Å². The Labute approximate surface area is 270 Å². The minimum Gasteiger partial charge on any atom is -0.451 e. The summed E-state index contributed by atoms with van der Waals surface area (Å²) in [6.45, 7) is 10.9. The number of nitrogens with zero attached hydrogens (tertiary/aromatic N) is 5. The fourth-order valence-corrected chi connectivity index (χ4v) is 7.48. The largest absolute Gasteiger partial charge is 0.451 e. The van der Waals surface area contributed by atoms with Crippen LogP contribution in [0.1, 0.15) is 77.3 Å². The number of rotatable bonds is 9. The van der Waals surface area contributed by atoms with Crippen LogP contribution in [0, 0.1) is 17.2 Å². The van der Waals surface area contributed by atoms with E-state index in [4.69, 9.17) is 9.47 Å². The number of aromatic nitrogens is 3. The van der Waals surface area contributed by atoms with Crippen LogP contribution in [0.5, 0.6) is 11.5 Å². The molecule has 2 aromatic heterocycles.